The van der Waals surface area contributed by atoms with Crippen molar-refractivity contribution in [3.05, 3.63) is 18.2 Å². The first-order valence-corrected chi connectivity index (χ1v) is 5.01. The molecule has 0 aromatic carbocycles. The molecule has 74 valence electrons. The number of hydrogen-bond donors (Lipinski definition) is 1. The minimum atomic E-state index is 1.07. The van der Waals surface area contributed by atoms with Crippen LogP contribution in [0.15, 0.2) is 12.4 Å². The molecule has 3 nitrogen and oxygen atoms in total. The Morgan fingerprint density at radius 3 is 2.92 bits per heavy atom. The summed E-state index contributed by atoms with van der Waals surface area (Å²) in [4.78, 5) is 4.28. The SMILES string of the molecule is CCNCCCCc1nccn1C. The van der Waals surface area contributed by atoms with Gasteiger partial charge in [-0.1, -0.05) is 6.92 Å². The summed E-state index contributed by atoms with van der Waals surface area (Å²) in [6.45, 7) is 4.34. The molecule has 0 amide bonds. The first-order chi connectivity index (χ1) is 6.34. The lowest BCUT2D eigenvalue weighted by Crippen LogP contribution is -2.14. The highest BCUT2D eigenvalue weighted by Gasteiger charge is 1.97. The largest absolute Gasteiger partial charge is 0.338 e. The normalized spacial score (nSPS) is 10.6. The van der Waals surface area contributed by atoms with Gasteiger partial charge in [0.05, 0.1) is 0 Å². The summed E-state index contributed by atoms with van der Waals surface area (Å²) in [6, 6.07) is 0. The molecule has 1 aromatic heterocycles. The van der Waals surface area contributed by atoms with Gasteiger partial charge in [0.2, 0.25) is 0 Å². The Bertz CT molecular complexity index is 230. The van der Waals surface area contributed by atoms with Gasteiger partial charge >= 0.3 is 0 Å². The van der Waals surface area contributed by atoms with E-state index in [1.54, 1.807) is 0 Å². The van der Waals surface area contributed by atoms with Crippen LogP contribution >= 0.6 is 0 Å². The Morgan fingerprint density at radius 1 is 1.46 bits per heavy atom. The Morgan fingerprint density at radius 2 is 2.31 bits per heavy atom. The molecular formula is C10H19N3. The van der Waals surface area contributed by atoms with Crippen molar-refractivity contribution in [3.63, 3.8) is 0 Å². The Kier molecular flexibility index (Phi) is 4.54. The minimum Gasteiger partial charge on any atom is -0.338 e. The van der Waals surface area contributed by atoms with E-state index < -0.39 is 0 Å². The van der Waals surface area contributed by atoms with E-state index in [1.165, 1.54) is 18.7 Å². The molecule has 13 heavy (non-hydrogen) atoms. The number of rotatable bonds is 6. The number of nitrogens with one attached hydrogen (secondary N) is 1. The third kappa shape index (κ3) is 3.59. The molecule has 0 aliphatic heterocycles. The molecule has 0 saturated carbocycles. The fourth-order valence-electron chi connectivity index (χ4n) is 1.35. The standard InChI is InChI=1S/C10H19N3/c1-3-11-7-5-4-6-10-12-8-9-13(10)2/h8-9,11H,3-7H2,1-2H3. The highest BCUT2D eigenvalue weighted by atomic mass is 15.0. The highest BCUT2D eigenvalue weighted by Crippen LogP contribution is 2.00. The molecule has 0 fully saturated rings. The van der Waals surface area contributed by atoms with E-state index in [1.807, 2.05) is 19.4 Å². The molecule has 1 N–H and O–H groups in total. The van der Waals surface area contributed by atoms with Gasteiger partial charge in [0.1, 0.15) is 5.82 Å². The average Bonchev–Trinajstić information content (AvgIpc) is 2.52. The van der Waals surface area contributed by atoms with E-state index in [2.05, 4.69) is 21.8 Å². The summed E-state index contributed by atoms with van der Waals surface area (Å²) in [5.74, 6) is 1.19. The summed E-state index contributed by atoms with van der Waals surface area (Å²) in [6.07, 6.45) is 7.41. The van der Waals surface area contributed by atoms with E-state index in [0.717, 1.165) is 19.5 Å². The van der Waals surface area contributed by atoms with Gasteiger partial charge in [0.25, 0.3) is 0 Å². The molecule has 0 radical (unpaired) electrons. The third-order valence-corrected chi connectivity index (χ3v) is 2.17. The van der Waals surface area contributed by atoms with Gasteiger partial charge in [0.15, 0.2) is 0 Å². The van der Waals surface area contributed by atoms with E-state index in [0.29, 0.717) is 0 Å². The molecule has 0 aliphatic carbocycles. The van der Waals surface area contributed by atoms with Gasteiger partial charge in [0, 0.05) is 25.9 Å². The van der Waals surface area contributed by atoms with E-state index >= 15 is 0 Å². The maximum Gasteiger partial charge on any atom is 0.108 e. The van der Waals surface area contributed by atoms with Crippen molar-refractivity contribution >= 4 is 0 Å². The second-order valence-corrected chi connectivity index (χ2v) is 3.27. The highest BCUT2D eigenvalue weighted by molar-refractivity contribution is 4.90. The fraction of sp³-hybridized carbons (Fsp3) is 0.700. The molecule has 3 heteroatoms. The Hall–Kier alpha value is -0.830. The van der Waals surface area contributed by atoms with E-state index in [4.69, 9.17) is 0 Å². The van der Waals surface area contributed by atoms with Gasteiger partial charge in [-0.05, 0) is 25.9 Å². The Balaban J connectivity index is 2.10. The third-order valence-electron chi connectivity index (χ3n) is 2.17. The molecule has 0 unspecified atom stereocenters. The predicted molar refractivity (Wildman–Crippen MR) is 54.7 cm³/mol. The molecule has 0 atom stereocenters. The number of aromatic nitrogens is 2. The van der Waals surface area contributed by atoms with E-state index in [9.17, 15) is 0 Å². The molecule has 1 aromatic rings. The minimum absolute atomic E-state index is 1.07. The molecule has 1 rings (SSSR count). The molecule has 0 saturated heterocycles. The quantitative estimate of drug-likeness (QED) is 0.671. The zero-order valence-electron chi connectivity index (χ0n) is 8.58. The summed E-state index contributed by atoms with van der Waals surface area (Å²) >= 11 is 0. The van der Waals surface area contributed by atoms with Crippen molar-refractivity contribution in [1.29, 1.82) is 0 Å². The van der Waals surface area contributed by atoms with Gasteiger partial charge in [-0.15, -0.1) is 0 Å². The molecule has 0 spiro atoms. The van der Waals surface area contributed by atoms with Crippen molar-refractivity contribution in [2.45, 2.75) is 26.2 Å². The van der Waals surface area contributed by atoms with Gasteiger partial charge in [-0.25, -0.2) is 4.98 Å². The van der Waals surface area contributed by atoms with Crippen LogP contribution in [0, 0.1) is 0 Å². The van der Waals surface area contributed by atoms with Crippen LogP contribution in [0.4, 0.5) is 0 Å². The monoisotopic (exact) mass is 181 g/mol. The number of aryl methyl sites for hydroxylation is 2. The number of nitrogens with zero attached hydrogens (tertiary/aromatic N) is 2. The molecule has 0 aliphatic rings. The topological polar surface area (TPSA) is 29.9 Å². The zero-order valence-corrected chi connectivity index (χ0v) is 8.58. The maximum absolute atomic E-state index is 4.28. The van der Waals surface area contributed by atoms with Crippen molar-refractivity contribution in [3.8, 4) is 0 Å². The van der Waals surface area contributed by atoms with Crippen molar-refractivity contribution in [1.82, 2.24) is 14.9 Å². The second-order valence-electron chi connectivity index (χ2n) is 3.27. The lowest BCUT2D eigenvalue weighted by Gasteiger charge is -2.02. The van der Waals surface area contributed by atoms with Crippen LogP contribution in [0.25, 0.3) is 0 Å². The summed E-state index contributed by atoms with van der Waals surface area (Å²) in [5.41, 5.74) is 0. The predicted octanol–water partition coefficient (Wildman–Crippen LogP) is 1.35. The molecular weight excluding hydrogens is 162 g/mol. The van der Waals surface area contributed by atoms with Crippen LogP contribution in [0.2, 0.25) is 0 Å². The average molecular weight is 181 g/mol. The number of imidazole rings is 1. The van der Waals surface area contributed by atoms with Crippen LogP contribution in [0.1, 0.15) is 25.6 Å². The lowest BCUT2D eigenvalue weighted by atomic mass is 10.2. The van der Waals surface area contributed by atoms with Crippen molar-refractivity contribution in [2.24, 2.45) is 7.05 Å². The smallest absolute Gasteiger partial charge is 0.108 e. The van der Waals surface area contributed by atoms with E-state index in [-0.39, 0.29) is 0 Å². The van der Waals surface area contributed by atoms with Crippen molar-refractivity contribution < 1.29 is 0 Å². The van der Waals surface area contributed by atoms with Crippen LogP contribution in [0.5, 0.6) is 0 Å². The lowest BCUT2D eigenvalue weighted by molar-refractivity contribution is 0.623. The van der Waals surface area contributed by atoms with Gasteiger partial charge in [-0.3, -0.25) is 0 Å². The summed E-state index contributed by atoms with van der Waals surface area (Å²) in [7, 11) is 2.05. The number of unbranched alkanes of at least 4 members (excludes halogenated alkanes) is 1. The summed E-state index contributed by atoms with van der Waals surface area (Å²) < 4.78 is 2.09. The number of hydrogen-bond acceptors (Lipinski definition) is 2. The van der Waals surface area contributed by atoms with Gasteiger partial charge in [-0.2, -0.15) is 0 Å². The first-order valence-electron chi connectivity index (χ1n) is 5.01. The Labute approximate surface area is 80.2 Å². The second kappa shape index (κ2) is 5.75. The fourth-order valence-corrected chi connectivity index (χ4v) is 1.35. The van der Waals surface area contributed by atoms with Crippen LogP contribution in [0.3, 0.4) is 0 Å². The molecule has 0 bridgehead atoms. The van der Waals surface area contributed by atoms with Gasteiger partial charge < -0.3 is 9.88 Å². The zero-order chi connectivity index (χ0) is 9.52. The van der Waals surface area contributed by atoms with Crippen LogP contribution in [-0.4, -0.2) is 22.6 Å². The first kappa shape index (κ1) is 10.3. The summed E-state index contributed by atoms with van der Waals surface area (Å²) in [5, 5.41) is 3.32. The van der Waals surface area contributed by atoms with Crippen molar-refractivity contribution in [2.75, 3.05) is 13.1 Å². The van der Waals surface area contributed by atoms with Crippen LogP contribution in [-0.2, 0) is 13.5 Å². The molecule has 1 heterocycles. The maximum atomic E-state index is 4.28. The van der Waals surface area contributed by atoms with Crippen LogP contribution < -0.4 is 5.32 Å².